The summed E-state index contributed by atoms with van der Waals surface area (Å²) in [6.07, 6.45) is 0. The van der Waals surface area contributed by atoms with E-state index in [1.54, 1.807) is 13.0 Å². The van der Waals surface area contributed by atoms with Crippen molar-refractivity contribution in [3.05, 3.63) is 28.8 Å². The van der Waals surface area contributed by atoms with Gasteiger partial charge in [0.25, 0.3) is 0 Å². The van der Waals surface area contributed by atoms with Crippen LogP contribution in [0.3, 0.4) is 0 Å². The Labute approximate surface area is 113 Å². The molecule has 0 aliphatic rings. The van der Waals surface area contributed by atoms with Crippen LogP contribution >= 0.6 is 11.6 Å². The van der Waals surface area contributed by atoms with Gasteiger partial charge in [0.05, 0.1) is 12.2 Å². The molecular formula is C12H10ClF2NO3. The fraction of sp³-hybridized carbons (Fsp3) is 0.333. The molecule has 1 aromatic carbocycles. The van der Waals surface area contributed by atoms with E-state index in [9.17, 15) is 13.6 Å². The maximum atomic E-state index is 12.4. The molecule has 0 aliphatic carbocycles. The first-order valence-electron chi connectivity index (χ1n) is 5.29. The molecule has 0 spiro atoms. The van der Waals surface area contributed by atoms with Crippen LogP contribution < -0.4 is 4.74 Å². The summed E-state index contributed by atoms with van der Waals surface area (Å²) in [5.74, 6) is -1.46. The molecule has 7 heteroatoms. The van der Waals surface area contributed by atoms with Crippen LogP contribution in [-0.4, -0.2) is 19.2 Å². The van der Waals surface area contributed by atoms with Gasteiger partial charge in [-0.05, 0) is 18.6 Å². The maximum absolute atomic E-state index is 12.4. The first kappa shape index (κ1) is 15.2. The summed E-state index contributed by atoms with van der Waals surface area (Å²) in [7, 11) is 0. The Morgan fingerprint density at radius 3 is 2.68 bits per heavy atom. The van der Waals surface area contributed by atoms with E-state index in [4.69, 9.17) is 21.6 Å². The molecule has 102 valence electrons. The lowest BCUT2D eigenvalue weighted by Gasteiger charge is -2.14. The normalized spacial score (nSPS) is 10.1. The van der Waals surface area contributed by atoms with Gasteiger partial charge in [-0.25, -0.2) is 4.79 Å². The smallest absolute Gasteiger partial charge is 0.387 e. The second kappa shape index (κ2) is 6.90. The van der Waals surface area contributed by atoms with Crippen LogP contribution in [0.5, 0.6) is 5.75 Å². The van der Waals surface area contributed by atoms with Gasteiger partial charge in [0.15, 0.2) is 5.75 Å². The van der Waals surface area contributed by atoms with E-state index in [1.807, 2.05) is 0 Å². The summed E-state index contributed by atoms with van der Waals surface area (Å²) in [6, 6.07) is 4.34. The van der Waals surface area contributed by atoms with Crippen molar-refractivity contribution in [1.82, 2.24) is 0 Å². The monoisotopic (exact) mass is 289 g/mol. The van der Waals surface area contributed by atoms with Gasteiger partial charge in [-0.15, -0.1) is 11.6 Å². The fourth-order valence-electron chi connectivity index (χ4n) is 1.46. The number of rotatable bonds is 5. The Bertz CT molecular complexity index is 514. The minimum Gasteiger partial charge on any atom is -0.462 e. The van der Waals surface area contributed by atoms with Gasteiger partial charge in [-0.2, -0.15) is 14.0 Å². The fourth-order valence-corrected chi connectivity index (χ4v) is 1.68. The largest absolute Gasteiger partial charge is 0.462 e. The SMILES string of the molecule is CCOC(=O)c1c(CCl)ccc(C#N)c1OC(F)F. The van der Waals surface area contributed by atoms with Gasteiger partial charge in [-0.3, -0.25) is 0 Å². The molecule has 0 saturated heterocycles. The van der Waals surface area contributed by atoms with E-state index in [-0.39, 0.29) is 29.2 Å². The van der Waals surface area contributed by atoms with Crippen LogP contribution in [0.1, 0.15) is 28.4 Å². The molecule has 0 fully saturated rings. The Morgan fingerprint density at radius 2 is 2.21 bits per heavy atom. The predicted molar refractivity (Wildman–Crippen MR) is 63.3 cm³/mol. The summed E-state index contributed by atoms with van der Waals surface area (Å²) >= 11 is 5.65. The maximum Gasteiger partial charge on any atom is 0.387 e. The van der Waals surface area contributed by atoms with Gasteiger partial charge in [0.1, 0.15) is 11.6 Å². The van der Waals surface area contributed by atoms with Crippen molar-refractivity contribution in [3.8, 4) is 11.8 Å². The second-order valence-corrected chi connectivity index (χ2v) is 3.59. The van der Waals surface area contributed by atoms with Crippen LogP contribution in [0.25, 0.3) is 0 Å². The summed E-state index contributed by atoms with van der Waals surface area (Å²) in [4.78, 5) is 11.8. The molecule has 0 saturated carbocycles. The summed E-state index contributed by atoms with van der Waals surface area (Å²) in [5, 5.41) is 8.87. The molecule has 0 aliphatic heterocycles. The highest BCUT2D eigenvalue weighted by Crippen LogP contribution is 2.30. The molecule has 1 rings (SSSR count). The van der Waals surface area contributed by atoms with Crippen molar-refractivity contribution in [1.29, 1.82) is 5.26 Å². The van der Waals surface area contributed by atoms with Crippen molar-refractivity contribution in [2.24, 2.45) is 0 Å². The van der Waals surface area contributed by atoms with Crippen molar-refractivity contribution >= 4 is 17.6 Å². The number of esters is 1. The Morgan fingerprint density at radius 1 is 1.53 bits per heavy atom. The molecule has 0 unspecified atom stereocenters. The van der Waals surface area contributed by atoms with Crippen LogP contribution in [0.2, 0.25) is 0 Å². The van der Waals surface area contributed by atoms with Gasteiger partial charge in [-0.1, -0.05) is 6.07 Å². The molecule has 0 heterocycles. The topological polar surface area (TPSA) is 59.3 Å². The van der Waals surface area contributed by atoms with E-state index in [2.05, 4.69) is 4.74 Å². The van der Waals surface area contributed by atoms with Gasteiger partial charge in [0, 0.05) is 5.88 Å². The Balaban J connectivity index is 3.43. The predicted octanol–water partition coefficient (Wildman–Crippen LogP) is 3.08. The highest BCUT2D eigenvalue weighted by Gasteiger charge is 2.24. The van der Waals surface area contributed by atoms with Crippen molar-refractivity contribution < 1.29 is 23.0 Å². The number of halogens is 3. The van der Waals surface area contributed by atoms with E-state index in [1.165, 1.54) is 12.1 Å². The molecular weight excluding hydrogens is 280 g/mol. The summed E-state index contributed by atoms with van der Waals surface area (Å²) < 4.78 is 33.8. The summed E-state index contributed by atoms with van der Waals surface area (Å²) in [6.45, 7) is -1.53. The number of benzene rings is 1. The molecule has 0 atom stereocenters. The number of nitrogens with zero attached hydrogens (tertiary/aromatic N) is 1. The summed E-state index contributed by atoms with van der Waals surface area (Å²) in [5.41, 5.74) is -0.164. The second-order valence-electron chi connectivity index (χ2n) is 3.32. The molecule has 19 heavy (non-hydrogen) atoms. The average molecular weight is 290 g/mol. The first-order chi connectivity index (χ1) is 9.04. The number of ether oxygens (including phenoxy) is 2. The van der Waals surface area contributed by atoms with Gasteiger partial charge in [0.2, 0.25) is 0 Å². The van der Waals surface area contributed by atoms with Gasteiger partial charge >= 0.3 is 12.6 Å². The minimum absolute atomic E-state index is 0.0610. The Kier molecular flexibility index (Phi) is 5.52. The molecule has 0 amide bonds. The lowest BCUT2D eigenvalue weighted by atomic mass is 10.0. The number of carbonyl (C=O) groups is 1. The standard InChI is InChI=1S/C12H10ClF2NO3/c1-2-18-11(17)9-7(5-13)3-4-8(6-16)10(9)19-12(14)15/h3-4,12H,2,5H2,1H3. The third-order valence-corrected chi connectivity index (χ3v) is 2.48. The first-order valence-corrected chi connectivity index (χ1v) is 5.82. The van der Waals surface area contributed by atoms with Crippen molar-refractivity contribution in [2.75, 3.05) is 6.61 Å². The van der Waals surface area contributed by atoms with E-state index in [0.29, 0.717) is 0 Å². The lowest BCUT2D eigenvalue weighted by Crippen LogP contribution is -2.14. The molecule has 4 nitrogen and oxygen atoms in total. The van der Waals surface area contributed by atoms with Crippen molar-refractivity contribution in [3.63, 3.8) is 0 Å². The molecule has 0 aromatic heterocycles. The number of nitriles is 1. The third-order valence-electron chi connectivity index (χ3n) is 2.19. The molecule has 0 bridgehead atoms. The zero-order valence-electron chi connectivity index (χ0n) is 9.95. The van der Waals surface area contributed by atoms with Gasteiger partial charge < -0.3 is 9.47 Å². The number of carbonyl (C=O) groups excluding carboxylic acids is 1. The van der Waals surface area contributed by atoms with Crippen LogP contribution in [0.15, 0.2) is 12.1 Å². The molecule has 1 aromatic rings. The third kappa shape index (κ3) is 3.55. The number of hydrogen-bond acceptors (Lipinski definition) is 4. The highest BCUT2D eigenvalue weighted by atomic mass is 35.5. The lowest BCUT2D eigenvalue weighted by molar-refractivity contribution is -0.0506. The van der Waals surface area contributed by atoms with E-state index >= 15 is 0 Å². The quantitative estimate of drug-likeness (QED) is 0.617. The van der Waals surface area contributed by atoms with Crippen LogP contribution in [0, 0.1) is 11.3 Å². The van der Waals surface area contributed by atoms with E-state index in [0.717, 1.165) is 0 Å². The zero-order valence-corrected chi connectivity index (χ0v) is 10.7. The number of alkyl halides is 3. The molecule has 0 radical (unpaired) electrons. The number of hydrogen-bond donors (Lipinski definition) is 0. The highest BCUT2D eigenvalue weighted by molar-refractivity contribution is 6.17. The van der Waals surface area contributed by atoms with E-state index < -0.39 is 18.3 Å². The van der Waals surface area contributed by atoms with Crippen LogP contribution in [-0.2, 0) is 10.6 Å². The zero-order chi connectivity index (χ0) is 14.4. The Hall–Kier alpha value is -1.87. The molecule has 0 N–H and O–H groups in total. The van der Waals surface area contributed by atoms with Crippen LogP contribution in [0.4, 0.5) is 8.78 Å². The van der Waals surface area contributed by atoms with Crippen molar-refractivity contribution in [2.45, 2.75) is 19.4 Å². The minimum atomic E-state index is -3.16. The average Bonchev–Trinajstić information content (AvgIpc) is 2.37.